The van der Waals surface area contributed by atoms with Crippen molar-refractivity contribution in [3.63, 3.8) is 0 Å². The molecule has 0 atom stereocenters. The van der Waals surface area contributed by atoms with Gasteiger partial charge in [0.2, 0.25) is 0 Å². The first kappa shape index (κ1) is 16.2. The molecular formula is C15H20N4O3S. The molecule has 23 heavy (non-hydrogen) atoms. The summed E-state index contributed by atoms with van der Waals surface area (Å²) in [5.41, 5.74) is -0.204. The molecule has 0 radical (unpaired) electrons. The third-order valence-corrected chi connectivity index (χ3v) is 5.11. The summed E-state index contributed by atoms with van der Waals surface area (Å²) in [5.74, 6) is 0.880. The predicted octanol–water partition coefficient (Wildman–Crippen LogP) is 0.0565. The van der Waals surface area contributed by atoms with E-state index in [4.69, 9.17) is 4.74 Å². The minimum Gasteiger partial charge on any atom is -0.379 e. The van der Waals surface area contributed by atoms with Crippen LogP contribution in [0.5, 0.6) is 0 Å². The Labute approximate surface area is 137 Å². The van der Waals surface area contributed by atoms with E-state index in [1.165, 1.54) is 11.6 Å². The van der Waals surface area contributed by atoms with Crippen molar-refractivity contribution < 1.29 is 4.74 Å². The Kier molecular flexibility index (Phi) is 4.84. The second kappa shape index (κ2) is 6.86. The third-order valence-electron chi connectivity index (χ3n) is 4.07. The molecule has 0 saturated carbocycles. The number of aromatic nitrogens is 3. The van der Waals surface area contributed by atoms with E-state index in [9.17, 15) is 9.59 Å². The molecule has 1 fully saturated rings. The van der Waals surface area contributed by atoms with Gasteiger partial charge in [0.05, 0.1) is 18.6 Å². The van der Waals surface area contributed by atoms with Gasteiger partial charge in [0.15, 0.2) is 0 Å². The molecule has 0 unspecified atom stereocenters. The average Bonchev–Trinajstić information content (AvgIpc) is 2.59. The lowest BCUT2D eigenvalue weighted by molar-refractivity contribution is 0.0410. The monoisotopic (exact) mass is 336 g/mol. The fourth-order valence-corrected chi connectivity index (χ4v) is 3.74. The number of hydrogen-bond donors (Lipinski definition) is 0. The van der Waals surface area contributed by atoms with Gasteiger partial charge >= 0.3 is 5.69 Å². The molecule has 3 rings (SSSR count). The summed E-state index contributed by atoms with van der Waals surface area (Å²) in [6.07, 6.45) is 1.65. The Balaban J connectivity index is 1.86. The van der Waals surface area contributed by atoms with E-state index in [0.29, 0.717) is 11.0 Å². The molecule has 7 nitrogen and oxygen atoms in total. The van der Waals surface area contributed by atoms with Crippen LogP contribution >= 0.6 is 11.8 Å². The molecule has 2 aromatic rings. The smallest absolute Gasteiger partial charge is 0.332 e. The van der Waals surface area contributed by atoms with Crippen molar-refractivity contribution in [1.82, 2.24) is 19.0 Å². The summed E-state index contributed by atoms with van der Waals surface area (Å²) in [6.45, 7) is 4.42. The number of fused-ring (bicyclic) bond motifs is 1. The van der Waals surface area contributed by atoms with Gasteiger partial charge in [-0.3, -0.25) is 18.8 Å². The van der Waals surface area contributed by atoms with Crippen molar-refractivity contribution in [2.45, 2.75) is 4.90 Å². The third kappa shape index (κ3) is 3.19. The van der Waals surface area contributed by atoms with Crippen molar-refractivity contribution in [2.24, 2.45) is 14.1 Å². The number of hydrogen-bond acceptors (Lipinski definition) is 6. The largest absolute Gasteiger partial charge is 0.379 e. The molecule has 1 saturated heterocycles. The lowest BCUT2D eigenvalue weighted by Gasteiger charge is -2.26. The molecule has 3 heterocycles. The molecule has 0 aromatic carbocycles. The van der Waals surface area contributed by atoms with Crippen LogP contribution < -0.4 is 11.2 Å². The summed E-state index contributed by atoms with van der Waals surface area (Å²) < 4.78 is 7.90. The fourth-order valence-electron chi connectivity index (χ4n) is 2.69. The number of aryl methyl sites for hydroxylation is 1. The van der Waals surface area contributed by atoms with Crippen molar-refractivity contribution in [2.75, 3.05) is 38.6 Å². The maximum Gasteiger partial charge on any atom is 0.332 e. The number of thioether (sulfide) groups is 1. The van der Waals surface area contributed by atoms with Gasteiger partial charge in [-0.05, 0) is 6.07 Å². The quantitative estimate of drug-likeness (QED) is 0.735. The molecule has 1 aliphatic heterocycles. The molecule has 8 heteroatoms. The number of pyridine rings is 1. The second-order valence-corrected chi connectivity index (χ2v) is 6.65. The Hall–Kier alpha value is -1.64. The summed E-state index contributed by atoms with van der Waals surface area (Å²) in [7, 11) is 3.14. The summed E-state index contributed by atoms with van der Waals surface area (Å²) in [5, 5.41) is 0.518. The minimum absolute atomic E-state index is 0.287. The van der Waals surface area contributed by atoms with Gasteiger partial charge in [0.1, 0.15) is 5.65 Å². The first-order valence-electron chi connectivity index (χ1n) is 7.57. The highest BCUT2D eigenvalue weighted by atomic mass is 32.2. The Bertz CT molecular complexity index is 824. The zero-order valence-electron chi connectivity index (χ0n) is 13.3. The highest BCUT2D eigenvalue weighted by molar-refractivity contribution is 7.99. The van der Waals surface area contributed by atoms with Crippen LogP contribution in [0.1, 0.15) is 0 Å². The van der Waals surface area contributed by atoms with Gasteiger partial charge in [-0.25, -0.2) is 9.78 Å². The van der Waals surface area contributed by atoms with Crippen molar-refractivity contribution >= 4 is 22.8 Å². The van der Waals surface area contributed by atoms with Gasteiger partial charge in [-0.15, -0.1) is 11.8 Å². The maximum atomic E-state index is 12.5. The van der Waals surface area contributed by atoms with Crippen LogP contribution in [-0.2, 0) is 18.8 Å². The molecular weight excluding hydrogens is 316 g/mol. The minimum atomic E-state index is -0.356. The SMILES string of the molecule is Cn1c(=O)c2c(SCCN3CCOCC3)ccnc2n(C)c1=O. The van der Waals surface area contributed by atoms with Crippen LogP contribution in [0.15, 0.2) is 26.7 Å². The second-order valence-electron chi connectivity index (χ2n) is 5.52. The van der Waals surface area contributed by atoms with Crippen LogP contribution in [0.3, 0.4) is 0 Å². The van der Waals surface area contributed by atoms with Gasteiger partial charge in [-0.2, -0.15) is 0 Å². The van der Waals surface area contributed by atoms with E-state index in [1.807, 2.05) is 6.07 Å². The number of morpholine rings is 1. The summed E-state index contributed by atoms with van der Waals surface area (Å²) in [6, 6.07) is 1.85. The Morgan fingerprint density at radius 2 is 1.96 bits per heavy atom. The Morgan fingerprint density at radius 3 is 2.70 bits per heavy atom. The van der Waals surface area contributed by atoms with Crippen LogP contribution in [0, 0.1) is 0 Å². The van der Waals surface area contributed by atoms with Gasteiger partial charge < -0.3 is 4.74 Å². The predicted molar refractivity (Wildman–Crippen MR) is 90.2 cm³/mol. The van der Waals surface area contributed by atoms with Crippen molar-refractivity contribution in [3.8, 4) is 0 Å². The molecule has 0 bridgehead atoms. The standard InChI is InChI=1S/C15H20N4O3S/c1-17-13-12(14(20)18(2)15(17)21)11(3-4-16-13)23-10-7-19-5-8-22-9-6-19/h3-4H,5-10H2,1-2H3. The van der Waals surface area contributed by atoms with E-state index in [2.05, 4.69) is 9.88 Å². The van der Waals surface area contributed by atoms with E-state index >= 15 is 0 Å². The lowest BCUT2D eigenvalue weighted by Crippen LogP contribution is -2.38. The lowest BCUT2D eigenvalue weighted by atomic mass is 10.3. The van der Waals surface area contributed by atoms with Crippen molar-refractivity contribution in [3.05, 3.63) is 33.1 Å². The van der Waals surface area contributed by atoms with Crippen molar-refractivity contribution in [1.29, 1.82) is 0 Å². The van der Waals surface area contributed by atoms with Gasteiger partial charge in [0, 0.05) is 50.6 Å². The highest BCUT2D eigenvalue weighted by Crippen LogP contribution is 2.23. The maximum absolute atomic E-state index is 12.5. The number of nitrogens with zero attached hydrogens (tertiary/aromatic N) is 4. The number of rotatable bonds is 4. The summed E-state index contributed by atoms with van der Waals surface area (Å²) >= 11 is 1.63. The van der Waals surface area contributed by atoms with E-state index < -0.39 is 0 Å². The average molecular weight is 336 g/mol. The topological polar surface area (TPSA) is 69.4 Å². The van der Waals surface area contributed by atoms with Crippen LogP contribution in [0.2, 0.25) is 0 Å². The van der Waals surface area contributed by atoms with E-state index in [1.54, 1.807) is 25.0 Å². The van der Waals surface area contributed by atoms with E-state index in [0.717, 1.165) is 48.1 Å². The van der Waals surface area contributed by atoms with Crippen LogP contribution in [0.4, 0.5) is 0 Å². The molecule has 0 N–H and O–H groups in total. The molecule has 1 aliphatic rings. The van der Waals surface area contributed by atoms with Gasteiger partial charge in [-0.1, -0.05) is 0 Å². The summed E-state index contributed by atoms with van der Waals surface area (Å²) in [4.78, 5) is 31.9. The number of ether oxygens (including phenoxy) is 1. The molecule has 0 aliphatic carbocycles. The van der Waals surface area contributed by atoms with Crippen LogP contribution in [0.25, 0.3) is 11.0 Å². The van der Waals surface area contributed by atoms with E-state index in [-0.39, 0.29) is 11.2 Å². The fraction of sp³-hybridized carbons (Fsp3) is 0.533. The first-order valence-corrected chi connectivity index (χ1v) is 8.56. The molecule has 124 valence electrons. The highest BCUT2D eigenvalue weighted by Gasteiger charge is 2.14. The Morgan fingerprint density at radius 1 is 1.22 bits per heavy atom. The normalized spacial score (nSPS) is 16.1. The first-order chi connectivity index (χ1) is 11.1. The van der Waals surface area contributed by atoms with Gasteiger partial charge in [0.25, 0.3) is 5.56 Å². The molecule has 2 aromatic heterocycles. The molecule has 0 amide bonds. The zero-order chi connectivity index (χ0) is 16.4. The zero-order valence-corrected chi connectivity index (χ0v) is 14.1. The van der Waals surface area contributed by atoms with Crippen LogP contribution in [-0.4, -0.2) is 57.6 Å². The molecule has 0 spiro atoms.